The molecule has 0 bridgehead atoms. The first kappa shape index (κ1) is 4.28. The minimum atomic E-state index is 0.881. The summed E-state index contributed by atoms with van der Waals surface area (Å²) in [5.74, 6) is 0. The van der Waals surface area contributed by atoms with E-state index in [1.165, 1.54) is 16.3 Å². The Bertz CT molecular complexity index is 8.00. The van der Waals surface area contributed by atoms with Gasteiger partial charge in [0.15, 0.2) is 0 Å². The van der Waals surface area contributed by atoms with Crippen LogP contribution in [0.25, 0.3) is 0 Å². The lowest BCUT2D eigenvalue weighted by Gasteiger charge is -1.67. The van der Waals surface area contributed by atoms with Crippen LogP contribution in [0.5, 0.6) is 0 Å². The van der Waals surface area contributed by atoms with Gasteiger partial charge >= 0.3 is 0 Å². The zero-order chi connectivity index (χ0) is 3.41. The van der Waals surface area contributed by atoms with Crippen LogP contribution in [0, 0.1) is 0 Å². The molecule has 0 aromatic heterocycles. The topological polar surface area (TPSA) is 0 Å². The summed E-state index contributed by atoms with van der Waals surface area (Å²) in [5, 5.41) is 0. The highest BCUT2D eigenvalue weighted by Crippen LogP contribution is 1.70. The molecule has 0 unspecified atom stereocenters. The Morgan fingerprint density at radius 3 is 2.00 bits per heavy atom. The van der Waals surface area contributed by atoms with Crippen molar-refractivity contribution in [2.45, 2.75) is 12.4 Å². The van der Waals surface area contributed by atoms with Crippen molar-refractivity contribution in [2.24, 2.45) is 0 Å². The van der Waals surface area contributed by atoms with Crippen molar-refractivity contribution >= 4 is 18.1 Å². The molecule has 0 aromatic rings. The predicted octanol–water partition coefficient (Wildman–Crippen LogP) is -0.643. The molecule has 0 aliphatic rings. The molecule has 0 saturated heterocycles. The van der Waals surface area contributed by atoms with Crippen molar-refractivity contribution in [3.8, 4) is 0 Å². The summed E-state index contributed by atoms with van der Waals surface area (Å²) in [5.41, 5.74) is 0. The van der Waals surface area contributed by atoms with Gasteiger partial charge in [-0.3, -0.25) is 0 Å². The van der Waals surface area contributed by atoms with Gasteiger partial charge < -0.3 is 0 Å². The maximum absolute atomic E-state index is 5.06. The summed E-state index contributed by atoms with van der Waals surface area (Å²) in [4.78, 5) is 0. The maximum atomic E-state index is 5.06. The number of rotatable bonds is 1. The van der Waals surface area contributed by atoms with Crippen LogP contribution in [0.3, 0.4) is 0 Å². The second-order valence-electron chi connectivity index (χ2n) is 0.789. The van der Waals surface area contributed by atoms with E-state index in [-0.39, 0.29) is 0 Å². The Morgan fingerprint density at radius 2 is 2.00 bits per heavy atom. The summed E-state index contributed by atoms with van der Waals surface area (Å²) in [6.45, 7) is 0. The second kappa shape index (κ2) is 3.28. The zero-order valence-electron chi connectivity index (χ0n) is 2.99. The normalized spacial score (nSPS) is 8.00. The molecule has 0 spiro atoms. The molecular formula is C2H7BSi. The van der Waals surface area contributed by atoms with Crippen LogP contribution < -0.4 is 0 Å². The fourth-order valence-corrected chi connectivity index (χ4v) is 0. The van der Waals surface area contributed by atoms with Gasteiger partial charge in [0, 0.05) is 10.2 Å². The average Bonchev–Trinajstić information content (AvgIpc) is 1.37. The maximum Gasteiger partial charge on any atom is 0.0648 e. The zero-order valence-corrected chi connectivity index (χ0v) is 4.99. The number of hydrogen-bond acceptors (Lipinski definition) is 0. The Balaban J connectivity index is 1.97. The summed E-state index contributed by atoms with van der Waals surface area (Å²) >= 11 is 0. The molecule has 0 aliphatic carbocycles. The van der Waals surface area contributed by atoms with Gasteiger partial charge in [-0.1, -0.05) is 12.4 Å². The van der Waals surface area contributed by atoms with Gasteiger partial charge in [-0.2, -0.15) is 0 Å². The van der Waals surface area contributed by atoms with Crippen LogP contribution in [0.4, 0.5) is 0 Å². The third-order valence-corrected chi connectivity index (χ3v) is 0.866. The molecule has 0 saturated carbocycles. The van der Waals surface area contributed by atoms with Gasteiger partial charge in [0.1, 0.15) is 0 Å². The van der Waals surface area contributed by atoms with Crippen LogP contribution in [0.2, 0.25) is 12.4 Å². The fraction of sp³-hybridized carbons (Fsp3) is 1.00. The highest BCUT2D eigenvalue weighted by Gasteiger charge is 1.57. The monoisotopic (exact) mass is 70.0 g/mol. The Hall–Kier alpha value is 0.282. The van der Waals surface area contributed by atoms with E-state index < -0.39 is 0 Å². The first-order valence-electron chi connectivity index (χ1n) is 1.62. The molecule has 0 atom stereocenters. The molecule has 4 heavy (non-hydrogen) atoms. The molecule has 2 radical (unpaired) electrons. The van der Waals surface area contributed by atoms with E-state index >= 15 is 0 Å². The lowest BCUT2D eigenvalue weighted by atomic mass is 10.1. The van der Waals surface area contributed by atoms with Crippen molar-refractivity contribution in [1.29, 1.82) is 0 Å². The van der Waals surface area contributed by atoms with Gasteiger partial charge in [0.05, 0.1) is 7.85 Å². The summed E-state index contributed by atoms with van der Waals surface area (Å²) < 4.78 is 0. The van der Waals surface area contributed by atoms with Crippen molar-refractivity contribution < 1.29 is 0 Å². The Labute approximate surface area is 31.4 Å². The van der Waals surface area contributed by atoms with Crippen molar-refractivity contribution in [2.75, 3.05) is 0 Å². The van der Waals surface area contributed by atoms with Gasteiger partial charge in [-0.05, 0) is 0 Å². The van der Waals surface area contributed by atoms with Crippen LogP contribution >= 0.6 is 0 Å². The van der Waals surface area contributed by atoms with Crippen LogP contribution in [-0.4, -0.2) is 18.1 Å². The summed E-state index contributed by atoms with van der Waals surface area (Å²) in [7, 11) is 6.33. The Kier molecular flexibility index (Phi) is 3.51. The lowest BCUT2D eigenvalue weighted by Crippen LogP contribution is -1.60. The molecule has 0 heterocycles. The van der Waals surface area contributed by atoms with Crippen LogP contribution in [0.15, 0.2) is 0 Å². The third kappa shape index (κ3) is 2.28. The first-order valence-corrected chi connectivity index (χ1v) is 3.03. The lowest BCUT2D eigenvalue weighted by molar-refractivity contribution is 1.46. The van der Waals surface area contributed by atoms with Crippen molar-refractivity contribution in [3.63, 3.8) is 0 Å². The molecule has 2 heteroatoms. The summed E-state index contributed by atoms with van der Waals surface area (Å²) in [6.07, 6.45) is 0.881. The molecule has 0 fully saturated rings. The molecule has 0 rings (SSSR count). The van der Waals surface area contributed by atoms with E-state index in [9.17, 15) is 0 Å². The number of hydrogen-bond donors (Lipinski definition) is 0. The molecule has 0 aliphatic heterocycles. The van der Waals surface area contributed by atoms with Crippen molar-refractivity contribution in [3.05, 3.63) is 0 Å². The van der Waals surface area contributed by atoms with E-state index in [2.05, 4.69) is 0 Å². The molecular weight excluding hydrogens is 62.9 g/mol. The standard InChI is InChI=1S/C2H7BSi/c3-1-2-4/h1-2H2,4H3. The van der Waals surface area contributed by atoms with E-state index in [1.807, 2.05) is 0 Å². The van der Waals surface area contributed by atoms with E-state index in [0.717, 1.165) is 6.32 Å². The fourth-order valence-electron chi connectivity index (χ4n) is 0. The van der Waals surface area contributed by atoms with Gasteiger partial charge in [0.2, 0.25) is 0 Å². The predicted molar refractivity (Wildman–Crippen MR) is 25.3 cm³/mol. The minimum Gasteiger partial charge on any atom is -0.0917 e. The second-order valence-corrected chi connectivity index (χ2v) is 1.79. The SMILES string of the molecule is [B]CC[SiH3]. The quantitative estimate of drug-likeness (QED) is 0.360. The molecule has 0 amide bonds. The molecule has 0 N–H and O–H groups in total. The first-order chi connectivity index (χ1) is 1.91. The van der Waals surface area contributed by atoms with E-state index in [0.29, 0.717) is 0 Å². The van der Waals surface area contributed by atoms with Crippen LogP contribution in [-0.2, 0) is 0 Å². The van der Waals surface area contributed by atoms with Gasteiger partial charge in [-0.15, -0.1) is 0 Å². The Morgan fingerprint density at radius 1 is 1.75 bits per heavy atom. The molecule has 0 nitrogen and oxygen atoms in total. The summed E-state index contributed by atoms with van der Waals surface area (Å²) in [6, 6.07) is 1.24. The van der Waals surface area contributed by atoms with E-state index in [4.69, 9.17) is 7.85 Å². The molecule has 22 valence electrons. The highest BCUT2D eigenvalue weighted by atomic mass is 28.1. The third-order valence-electron chi connectivity index (χ3n) is 0.289. The smallest absolute Gasteiger partial charge is 0.0648 e. The van der Waals surface area contributed by atoms with Gasteiger partial charge in [0.25, 0.3) is 0 Å². The average molecular weight is 70.0 g/mol. The molecule has 0 aromatic carbocycles. The van der Waals surface area contributed by atoms with E-state index in [1.54, 1.807) is 0 Å². The van der Waals surface area contributed by atoms with Gasteiger partial charge in [-0.25, -0.2) is 0 Å². The largest absolute Gasteiger partial charge is 0.0917 e. The van der Waals surface area contributed by atoms with Crippen LogP contribution in [0.1, 0.15) is 0 Å². The highest BCUT2D eigenvalue weighted by molar-refractivity contribution is 6.16. The minimum absolute atomic E-state index is 0.881. The van der Waals surface area contributed by atoms with Crippen molar-refractivity contribution in [1.82, 2.24) is 0 Å².